The van der Waals surface area contributed by atoms with Crippen LogP contribution < -0.4 is 11.1 Å². The Kier molecular flexibility index (Phi) is 5.24. The van der Waals surface area contributed by atoms with E-state index in [0.717, 1.165) is 29.6 Å². The summed E-state index contributed by atoms with van der Waals surface area (Å²) in [6.07, 6.45) is 5.26. The van der Waals surface area contributed by atoms with Crippen LogP contribution in [-0.4, -0.2) is 50.3 Å². The molecular weight excluding hydrogens is 380 g/mol. The van der Waals surface area contributed by atoms with E-state index in [1.807, 2.05) is 68.0 Å². The molecule has 1 unspecified atom stereocenters. The lowest BCUT2D eigenvalue weighted by molar-refractivity contribution is 0.0206. The Bertz CT molecular complexity index is 1060. The van der Waals surface area contributed by atoms with Gasteiger partial charge in [-0.2, -0.15) is 5.10 Å². The fraction of sp³-hybridized carbons (Fsp3) is 0.409. The summed E-state index contributed by atoms with van der Waals surface area (Å²) in [6.45, 7) is 6.87. The summed E-state index contributed by atoms with van der Waals surface area (Å²) >= 11 is 0. The predicted octanol–water partition coefficient (Wildman–Crippen LogP) is 3.79. The first-order valence-electron chi connectivity index (χ1n) is 10.2. The Balaban J connectivity index is 1.52. The van der Waals surface area contributed by atoms with E-state index >= 15 is 0 Å². The fourth-order valence-corrected chi connectivity index (χ4v) is 3.65. The highest BCUT2D eigenvalue weighted by Crippen LogP contribution is 2.28. The second-order valence-electron chi connectivity index (χ2n) is 8.63. The number of nitrogen functional groups attached to an aromatic ring is 1. The van der Waals surface area contributed by atoms with E-state index in [-0.39, 0.29) is 12.1 Å². The van der Waals surface area contributed by atoms with Crippen LogP contribution in [0.15, 0.2) is 42.7 Å². The number of ether oxygens (including phenoxy) is 1. The Labute approximate surface area is 176 Å². The molecule has 3 aromatic rings. The van der Waals surface area contributed by atoms with Crippen LogP contribution in [0.3, 0.4) is 0 Å². The van der Waals surface area contributed by atoms with E-state index in [0.29, 0.717) is 24.6 Å². The van der Waals surface area contributed by atoms with E-state index in [1.165, 1.54) is 0 Å². The number of nitrogens with zero attached hydrogens (tertiary/aromatic N) is 4. The lowest BCUT2D eigenvalue weighted by atomic mass is 10.1. The van der Waals surface area contributed by atoms with E-state index in [4.69, 9.17) is 15.5 Å². The molecular formula is C22H28N6O2. The molecule has 8 nitrogen and oxygen atoms in total. The third-order valence-corrected chi connectivity index (χ3v) is 5.04. The molecule has 0 radical (unpaired) electrons. The van der Waals surface area contributed by atoms with Crippen LogP contribution in [-0.2, 0) is 4.74 Å². The molecule has 1 saturated heterocycles. The number of hydrogen-bond donors (Lipinski definition) is 2. The molecule has 30 heavy (non-hydrogen) atoms. The van der Waals surface area contributed by atoms with Crippen molar-refractivity contribution in [2.24, 2.45) is 0 Å². The number of hydrogen-bond acceptors (Lipinski definition) is 6. The molecule has 1 aliphatic heterocycles. The molecule has 8 heteroatoms. The van der Waals surface area contributed by atoms with E-state index < -0.39 is 5.60 Å². The third kappa shape index (κ3) is 4.32. The third-order valence-electron chi connectivity index (χ3n) is 5.04. The molecule has 0 spiro atoms. The summed E-state index contributed by atoms with van der Waals surface area (Å²) in [6, 6.07) is 9.73. The number of rotatable bonds is 3. The average Bonchev–Trinajstić information content (AvgIpc) is 3.13. The molecule has 0 bridgehead atoms. The van der Waals surface area contributed by atoms with Gasteiger partial charge in [0.05, 0.1) is 23.1 Å². The molecule has 3 aromatic heterocycles. The molecule has 1 fully saturated rings. The van der Waals surface area contributed by atoms with Gasteiger partial charge in [-0.05, 0) is 57.9 Å². The zero-order valence-corrected chi connectivity index (χ0v) is 17.6. The fourth-order valence-electron chi connectivity index (χ4n) is 3.65. The predicted molar refractivity (Wildman–Crippen MR) is 117 cm³/mol. The van der Waals surface area contributed by atoms with Crippen LogP contribution in [0.2, 0.25) is 0 Å². The topological polar surface area (TPSA) is 97.8 Å². The van der Waals surface area contributed by atoms with Crippen LogP contribution in [0, 0.1) is 0 Å². The summed E-state index contributed by atoms with van der Waals surface area (Å²) in [5, 5.41) is 7.82. The van der Waals surface area contributed by atoms with Crippen molar-refractivity contribution in [2.75, 3.05) is 24.1 Å². The van der Waals surface area contributed by atoms with Crippen molar-refractivity contribution in [2.45, 2.75) is 45.3 Å². The number of carbonyl (C=O) groups excluding carboxylic acids is 1. The van der Waals surface area contributed by atoms with Gasteiger partial charge >= 0.3 is 6.09 Å². The molecule has 4 rings (SSSR count). The first-order valence-corrected chi connectivity index (χ1v) is 10.2. The minimum atomic E-state index is -0.508. The zero-order chi connectivity index (χ0) is 21.3. The molecule has 0 aliphatic carbocycles. The van der Waals surface area contributed by atoms with E-state index in [2.05, 4.69) is 10.4 Å². The summed E-state index contributed by atoms with van der Waals surface area (Å²) in [5.41, 5.74) is 8.99. The lowest BCUT2D eigenvalue weighted by Gasteiger charge is -2.34. The van der Waals surface area contributed by atoms with Gasteiger partial charge in [-0.1, -0.05) is 6.07 Å². The first kappa shape index (κ1) is 20.0. The number of nitrogens with two attached hydrogens (primary N) is 1. The molecule has 0 aromatic carbocycles. The van der Waals surface area contributed by atoms with Crippen molar-refractivity contribution in [3.63, 3.8) is 0 Å². The summed E-state index contributed by atoms with van der Waals surface area (Å²) in [5.74, 6) is 0.624. The van der Waals surface area contributed by atoms with Crippen molar-refractivity contribution in [1.82, 2.24) is 19.5 Å². The molecule has 0 saturated carbocycles. The molecule has 3 N–H and O–H groups in total. The van der Waals surface area contributed by atoms with Gasteiger partial charge in [0.25, 0.3) is 0 Å². The van der Waals surface area contributed by atoms with Crippen LogP contribution in [0.1, 0.15) is 33.6 Å². The largest absolute Gasteiger partial charge is 0.444 e. The Morgan fingerprint density at radius 2 is 2.10 bits per heavy atom. The van der Waals surface area contributed by atoms with E-state index in [1.54, 1.807) is 4.90 Å². The Morgan fingerprint density at radius 1 is 1.27 bits per heavy atom. The van der Waals surface area contributed by atoms with Crippen molar-refractivity contribution < 1.29 is 9.53 Å². The summed E-state index contributed by atoms with van der Waals surface area (Å²) in [7, 11) is 0. The van der Waals surface area contributed by atoms with Crippen LogP contribution >= 0.6 is 0 Å². The SMILES string of the molecule is CC(C)(C)OC(=O)N1CCCC(Nc2nc(-c3cnn4ccccc34)ccc2N)C1. The van der Waals surface area contributed by atoms with Crippen molar-refractivity contribution in [3.05, 3.63) is 42.7 Å². The van der Waals surface area contributed by atoms with Gasteiger partial charge in [0, 0.05) is 30.9 Å². The van der Waals surface area contributed by atoms with Crippen LogP contribution in [0.25, 0.3) is 16.8 Å². The number of amides is 1. The highest BCUT2D eigenvalue weighted by atomic mass is 16.6. The molecule has 1 aliphatic rings. The Hall–Kier alpha value is -3.29. The number of fused-ring (bicyclic) bond motifs is 1. The van der Waals surface area contributed by atoms with Crippen molar-refractivity contribution in [1.29, 1.82) is 0 Å². The number of likely N-dealkylation sites (tertiary alicyclic amines) is 1. The maximum atomic E-state index is 12.4. The van der Waals surface area contributed by atoms with Gasteiger partial charge in [0.15, 0.2) is 0 Å². The molecule has 158 valence electrons. The molecule has 1 amide bonds. The maximum absolute atomic E-state index is 12.4. The van der Waals surface area contributed by atoms with Gasteiger partial charge in [0.2, 0.25) is 0 Å². The lowest BCUT2D eigenvalue weighted by Crippen LogP contribution is -2.47. The second-order valence-corrected chi connectivity index (χ2v) is 8.63. The van der Waals surface area contributed by atoms with Gasteiger partial charge in [-0.15, -0.1) is 0 Å². The summed E-state index contributed by atoms with van der Waals surface area (Å²) < 4.78 is 7.34. The Morgan fingerprint density at radius 3 is 2.90 bits per heavy atom. The van der Waals surface area contributed by atoms with Crippen molar-refractivity contribution >= 4 is 23.1 Å². The van der Waals surface area contributed by atoms with Gasteiger partial charge in [-0.25, -0.2) is 14.3 Å². The number of pyridine rings is 2. The minimum absolute atomic E-state index is 0.0558. The molecule has 4 heterocycles. The number of anilines is 2. The normalized spacial score (nSPS) is 17.2. The number of carbonyl (C=O) groups is 1. The van der Waals surface area contributed by atoms with Gasteiger partial charge < -0.3 is 20.7 Å². The van der Waals surface area contributed by atoms with Crippen LogP contribution in [0.4, 0.5) is 16.3 Å². The average molecular weight is 409 g/mol. The minimum Gasteiger partial charge on any atom is -0.444 e. The van der Waals surface area contributed by atoms with E-state index in [9.17, 15) is 4.79 Å². The second kappa shape index (κ2) is 7.85. The highest BCUT2D eigenvalue weighted by Gasteiger charge is 2.28. The zero-order valence-electron chi connectivity index (χ0n) is 17.6. The van der Waals surface area contributed by atoms with Gasteiger partial charge in [0.1, 0.15) is 11.4 Å². The number of nitrogens with one attached hydrogen (secondary N) is 1. The first-order chi connectivity index (χ1) is 14.3. The number of piperidine rings is 1. The van der Waals surface area contributed by atoms with Gasteiger partial charge in [-0.3, -0.25) is 0 Å². The number of aromatic nitrogens is 3. The smallest absolute Gasteiger partial charge is 0.410 e. The quantitative estimate of drug-likeness (QED) is 0.684. The maximum Gasteiger partial charge on any atom is 0.410 e. The van der Waals surface area contributed by atoms with Crippen molar-refractivity contribution in [3.8, 4) is 11.3 Å². The monoisotopic (exact) mass is 408 g/mol. The molecule has 1 atom stereocenters. The van der Waals surface area contributed by atoms with Crippen LogP contribution in [0.5, 0.6) is 0 Å². The standard InChI is InChI=1S/C22H28N6O2/c1-22(2,3)30-21(29)27-11-6-7-15(14-27)25-20-17(23)9-10-18(26-20)16-13-24-28-12-5-4-8-19(16)28/h4-5,8-10,12-13,15H,6-7,11,14,23H2,1-3H3,(H,25,26). The summed E-state index contributed by atoms with van der Waals surface area (Å²) in [4.78, 5) is 19.0. The highest BCUT2D eigenvalue weighted by molar-refractivity contribution is 5.80.